The molecule has 2 aliphatic rings. The summed E-state index contributed by atoms with van der Waals surface area (Å²) in [6.45, 7) is 13.7. The van der Waals surface area contributed by atoms with Gasteiger partial charge in [-0.15, -0.1) is 6.58 Å². The highest BCUT2D eigenvalue weighted by atomic mass is 16.7. The molecule has 0 N–H and O–H groups in total. The summed E-state index contributed by atoms with van der Waals surface area (Å²) in [5, 5.41) is 0. The third-order valence-electron chi connectivity index (χ3n) is 5.95. The van der Waals surface area contributed by atoms with Gasteiger partial charge in [-0.3, -0.25) is 0 Å². The largest absolute Gasteiger partial charge is 0.347 e. The van der Waals surface area contributed by atoms with Crippen molar-refractivity contribution in [3.8, 4) is 0 Å². The zero-order valence-electron chi connectivity index (χ0n) is 15.1. The lowest BCUT2D eigenvalue weighted by Gasteiger charge is -2.42. The Kier molecular flexibility index (Phi) is 6.09. The SMILES string of the molecule is C=CCN(C)CCC1COC2(CCC(C(C)(C)CC)CC2)O1. The zero-order chi connectivity index (χ0) is 16.2. The molecule has 22 heavy (non-hydrogen) atoms. The number of hydrogen-bond acceptors (Lipinski definition) is 3. The third-order valence-corrected chi connectivity index (χ3v) is 5.95. The quantitative estimate of drug-likeness (QED) is 0.657. The van der Waals surface area contributed by atoms with Crippen molar-refractivity contribution in [1.29, 1.82) is 0 Å². The summed E-state index contributed by atoms with van der Waals surface area (Å²) in [7, 11) is 2.13. The van der Waals surface area contributed by atoms with E-state index in [4.69, 9.17) is 9.47 Å². The Balaban J connectivity index is 1.77. The fraction of sp³-hybridized carbons (Fsp3) is 0.895. The van der Waals surface area contributed by atoms with Gasteiger partial charge in [-0.05, 0) is 37.6 Å². The van der Waals surface area contributed by atoms with E-state index in [1.54, 1.807) is 0 Å². The van der Waals surface area contributed by atoms with E-state index in [1.807, 2.05) is 6.08 Å². The average Bonchev–Trinajstić information content (AvgIpc) is 2.89. The number of hydrogen-bond donors (Lipinski definition) is 0. The van der Waals surface area contributed by atoms with Crippen LogP contribution in [-0.4, -0.2) is 43.5 Å². The summed E-state index contributed by atoms with van der Waals surface area (Å²) in [6.07, 6.45) is 9.14. The highest BCUT2D eigenvalue weighted by molar-refractivity contribution is 4.89. The first kappa shape index (κ1) is 18.0. The van der Waals surface area contributed by atoms with Crippen LogP contribution in [0, 0.1) is 11.3 Å². The average molecular weight is 309 g/mol. The Hall–Kier alpha value is -0.380. The van der Waals surface area contributed by atoms with Gasteiger partial charge >= 0.3 is 0 Å². The lowest BCUT2D eigenvalue weighted by molar-refractivity contribution is -0.197. The summed E-state index contributed by atoms with van der Waals surface area (Å²) in [4.78, 5) is 2.28. The normalized spacial score (nSPS) is 32.8. The molecule has 2 rings (SSSR count). The van der Waals surface area contributed by atoms with Crippen LogP contribution in [0.1, 0.15) is 59.3 Å². The van der Waals surface area contributed by atoms with Crippen molar-refractivity contribution in [3.05, 3.63) is 12.7 Å². The van der Waals surface area contributed by atoms with Crippen molar-refractivity contribution in [3.63, 3.8) is 0 Å². The predicted octanol–water partition coefficient (Wildman–Crippen LogP) is 4.23. The van der Waals surface area contributed by atoms with E-state index in [1.165, 1.54) is 19.3 Å². The summed E-state index contributed by atoms with van der Waals surface area (Å²) in [6, 6.07) is 0. The highest BCUT2D eigenvalue weighted by Crippen LogP contribution is 2.47. The minimum atomic E-state index is -0.262. The molecule has 0 amide bonds. The van der Waals surface area contributed by atoms with Crippen molar-refractivity contribution < 1.29 is 9.47 Å². The molecule has 2 fully saturated rings. The number of rotatable bonds is 7. The van der Waals surface area contributed by atoms with Gasteiger partial charge in [0.25, 0.3) is 0 Å². The minimum Gasteiger partial charge on any atom is -0.347 e. The second-order valence-electron chi connectivity index (χ2n) is 7.92. The first-order valence-corrected chi connectivity index (χ1v) is 9.02. The molecule has 3 heteroatoms. The fourth-order valence-electron chi connectivity index (χ4n) is 3.82. The van der Waals surface area contributed by atoms with Crippen LogP contribution in [-0.2, 0) is 9.47 Å². The van der Waals surface area contributed by atoms with Crippen LogP contribution in [0.4, 0.5) is 0 Å². The second-order valence-corrected chi connectivity index (χ2v) is 7.92. The van der Waals surface area contributed by atoms with Gasteiger partial charge < -0.3 is 14.4 Å². The van der Waals surface area contributed by atoms with Crippen molar-refractivity contribution in [2.45, 2.75) is 71.2 Å². The van der Waals surface area contributed by atoms with Gasteiger partial charge in [0.1, 0.15) is 0 Å². The van der Waals surface area contributed by atoms with Gasteiger partial charge in [-0.1, -0.05) is 33.3 Å². The highest BCUT2D eigenvalue weighted by Gasteiger charge is 2.46. The summed E-state index contributed by atoms with van der Waals surface area (Å²) >= 11 is 0. The molecule has 128 valence electrons. The molecule has 1 saturated heterocycles. The lowest BCUT2D eigenvalue weighted by atomic mass is 9.68. The summed E-state index contributed by atoms with van der Waals surface area (Å²) < 4.78 is 12.5. The molecule has 1 aliphatic heterocycles. The van der Waals surface area contributed by atoms with Gasteiger partial charge in [-0.25, -0.2) is 0 Å². The Morgan fingerprint density at radius 1 is 1.32 bits per heavy atom. The topological polar surface area (TPSA) is 21.7 Å². The van der Waals surface area contributed by atoms with Crippen LogP contribution < -0.4 is 0 Å². The van der Waals surface area contributed by atoms with E-state index in [2.05, 4.69) is 39.3 Å². The molecule has 1 heterocycles. The van der Waals surface area contributed by atoms with Gasteiger partial charge in [0, 0.05) is 25.9 Å². The zero-order valence-corrected chi connectivity index (χ0v) is 15.1. The van der Waals surface area contributed by atoms with Crippen LogP contribution in [0.15, 0.2) is 12.7 Å². The minimum absolute atomic E-state index is 0.262. The van der Waals surface area contributed by atoms with Gasteiger partial charge in [0.05, 0.1) is 12.7 Å². The van der Waals surface area contributed by atoms with Crippen molar-refractivity contribution in [1.82, 2.24) is 4.90 Å². The fourth-order valence-corrected chi connectivity index (χ4v) is 3.82. The Labute approximate surface area is 137 Å². The van der Waals surface area contributed by atoms with Crippen LogP contribution >= 0.6 is 0 Å². The third kappa shape index (κ3) is 4.33. The number of nitrogens with zero attached hydrogens (tertiary/aromatic N) is 1. The summed E-state index contributed by atoms with van der Waals surface area (Å²) in [5.41, 5.74) is 0.451. The first-order valence-electron chi connectivity index (χ1n) is 9.02. The Morgan fingerprint density at radius 3 is 2.59 bits per heavy atom. The molecule has 0 aromatic rings. The molecular formula is C19H35NO2. The van der Waals surface area contributed by atoms with Gasteiger partial charge in [-0.2, -0.15) is 0 Å². The van der Waals surface area contributed by atoms with E-state index in [0.29, 0.717) is 5.41 Å². The monoisotopic (exact) mass is 309 g/mol. The van der Waals surface area contributed by atoms with Crippen molar-refractivity contribution in [2.75, 3.05) is 26.7 Å². The molecule has 1 spiro atoms. The van der Waals surface area contributed by atoms with E-state index < -0.39 is 0 Å². The molecule has 0 bridgehead atoms. The Bertz CT molecular complexity index is 358. The molecule has 0 aromatic heterocycles. The van der Waals surface area contributed by atoms with E-state index in [9.17, 15) is 0 Å². The molecule has 1 aliphatic carbocycles. The van der Waals surface area contributed by atoms with E-state index in [0.717, 1.165) is 44.9 Å². The maximum Gasteiger partial charge on any atom is 0.168 e. The smallest absolute Gasteiger partial charge is 0.168 e. The lowest BCUT2D eigenvalue weighted by Crippen LogP contribution is -2.39. The molecular weight excluding hydrogens is 274 g/mol. The Morgan fingerprint density at radius 2 is 2.00 bits per heavy atom. The molecule has 0 radical (unpaired) electrons. The number of likely N-dealkylation sites (N-methyl/N-ethyl adjacent to an activating group) is 1. The van der Waals surface area contributed by atoms with Gasteiger partial charge in [0.2, 0.25) is 0 Å². The van der Waals surface area contributed by atoms with Crippen LogP contribution in [0.25, 0.3) is 0 Å². The maximum atomic E-state index is 6.34. The standard InChI is InChI=1S/C19H35NO2/c1-6-13-20(5)14-10-17-15-21-19(22-17)11-8-16(9-12-19)18(3,4)7-2/h6,16-17H,1,7-15H2,2-5H3. The first-order chi connectivity index (χ1) is 10.4. The predicted molar refractivity (Wildman–Crippen MR) is 91.9 cm³/mol. The van der Waals surface area contributed by atoms with Crippen molar-refractivity contribution >= 4 is 0 Å². The van der Waals surface area contributed by atoms with Crippen LogP contribution in [0.2, 0.25) is 0 Å². The van der Waals surface area contributed by atoms with Gasteiger partial charge in [0.15, 0.2) is 5.79 Å². The molecule has 0 aromatic carbocycles. The molecule has 1 unspecified atom stereocenters. The maximum absolute atomic E-state index is 6.34. The number of ether oxygens (including phenoxy) is 2. The van der Waals surface area contributed by atoms with E-state index >= 15 is 0 Å². The molecule has 3 nitrogen and oxygen atoms in total. The van der Waals surface area contributed by atoms with Crippen molar-refractivity contribution in [2.24, 2.45) is 11.3 Å². The molecule has 1 atom stereocenters. The van der Waals surface area contributed by atoms with E-state index in [-0.39, 0.29) is 11.9 Å². The van der Waals surface area contributed by atoms with Crippen LogP contribution in [0.3, 0.4) is 0 Å². The van der Waals surface area contributed by atoms with Crippen LogP contribution in [0.5, 0.6) is 0 Å². The summed E-state index contributed by atoms with van der Waals surface area (Å²) in [5.74, 6) is 0.551. The second kappa shape index (κ2) is 7.46. The molecule has 1 saturated carbocycles.